The minimum atomic E-state index is -0.0292. The van der Waals surface area contributed by atoms with Crippen LogP contribution in [0.1, 0.15) is 24.1 Å². The van der Waals surface area contributed by atoms with E-state index < -0.39 is 0 Å². The lowest BCUT2D eigenvalue weighted by Gasteiger charge is -2.23. The Bertz CT molecular complexity index is 616. The summed E-state index contributed by atoms with van der Waals surface area (Å²) < 4.78 is 17.3. The van der Waals surface area contributed by atoms with Gasteiger partial charge in [0.15, 0.2) is 0 Å². The molecule has 5 nitrogen and oxygen atoms in total. The lowest BCUT2D eigenvalue weighted by molar-refractivity contribution is -0.000802. The maximum atomic E-state index is 6.14. The van der Waals surface area contributed by atoms with Crippen LogP contribution in [0.15, 0.2) is 47.4 Å². The maximum absolute atomic E-state index is 6.14. The zero-order valence-corrected chi connectivity index (χ0v) is 13.2. The quantitative estimate of drug-likeness (QED) is 0.849. The number of rotatable bonds is 5. The van der Waals surface area contributed by atoms with E-state index in [0.717, 1.165) is 38.2 Å². The third-order valence-electron chi connectivity index (χ3n) is 4.75. The van der Waals surface area contributed by atoms with Gasteiger partial charge in [0.05, 0.1) is 43.1 Å². The molecule has 2 atom stereocenters. The molecule has 5 heteroatoms. The van der Waals surface area contributed by atoms with Crippen LogP contribution in [0.25, 0.3) is 0 Å². The smallest absolute Gasteiger partial charge is 0.0947 e. The van der Waals surface area contributed by atoms with E-state index in [0.29, 0.717) is 13.2 Å². The monoisotopic (exact) mass is 314 g/mol. The van der Waals surface area contributed by atoms with Crippen LogP contribution in [0, 0.1) is 0 Å². The van der Waals surface area contributed by atoms with E-state index in [1.807, 2.05) is 30.5 Å². The van der Waals surface area contributed by atoms with E-state index in [9.17, 15) is 0 Å². The van der Waals surface area contributed by atoms with Crippen molar-refractivity contribution in [3.63, 3.8) is 0 Å². The summed E-state index contributed by atoms with van der Waals surface area (Å²) in [6, 6.07) is 7.93. The first-order valence-corrected chi connectivity index (χ1v) is 8.20. The van der Waals surface area contributed by atoms with Crippen molar-refractivity contribution in [3.05, 3.63) is 54.2 Å². The Morgan fingerprint density at radius 1 is 1.35 bits per heavy atom. The van der Waals surface area contributed by atoms with Crippen LogP contribution >= 0.6 is 0 Å². The average Bonchev–Trinajstić information content (AvgIpc) is 3.31. The van der Waals surface area contributed by atoms with Crippen LogP contribution in [-0.2, 0) is 22.6 Å². The van der Waals surface area contributed by atoms with Crippen LogP contribution < -0.4 is 0 Å². The number of likely N-dealkylation sites (tertiary alicyclic amines) is 1. The van der Waals surface area contributed by atoms with Crippen molar-refractivity contribution in [3.8, 4) is 0 Å². The summed E-state index contributed by atoms with van der Waals surface area (Å²) in [5, 5.41) is 0. The number of hydrogen-bond donors (Lipinski definition) is 0. The van der Waals surface area contributed by atoms with Gasteiger partial charge in [-0.15, -0.1) is 0 Å². The Morgan fingerprint density at radius 2 is 2.35 bits per heavy atom. The van der Waals surface area contributed by atoms with Crippen molar-refractivity contribution in [2.75, 3.05) is 19.7 Å². The molecular weight excluding hydrogens is 292 g/mol. The number of furan rings is 1. The van der Waals surface area contributed by atoms with Gasteiger partial charge in [-0.25, -0.2) is 0 Å². The SMILES string of the molecule is c1ccc(CO[C@H]2CO[C@@]3(CCN(Cc4ccoc4)C3)C2)nc1. The molecule has 0 radical (unpaired) electrons. The van der Waals surface area contributed by atoms with Gasteiger partial charge in [-0.05, 0) is 24.6 Å². The van der Waals surface area contributed by atoms with E-state index >= 15 is 0 Å². The molecule has 2 aromatic heterocycles. The summed E-state index contributed by atoms with van der Waals surface area (Å²) in [6.45, 7) is 4.22. The topological polar surface area (TPSA) is 47.7 Å². The van der Waals surface area contributed by atoms with Crippen molar-refractivity contribution in [1.29, 1.82) is 0 Å². The highest BCUT2D eigenvalue weighted by Gasteiger charge is 2.45. The highest BCUT2D eigenvalue weighted by atomic mass is 16.6. The standard InChI is InChI=1S/C18H22N2O3/c1-2-6-19-16(3-1)12-22-17-9-18(23-13-17)5-7-20(14-18)10-15-4-8-21-11-15/h1-4,6,8,11,17H,5,7,9-10,12-14H2/t17-,18+/m1/s1. The number of nitrogens with zero attached hydrogens (tertiary/aromatic N) is 2. The zero-order chi connectivity index (χ0) is 15.5. The maximum Gasteiger partial charge on any atom is 0.0947 e. The Hall–Kier alpha value is -1.69. The molecule has 2 aliphatic rings. The number of hydrogen-bond acceptors (Lipinski definition) is 5. The Kier molecular flexibility index (Phi) is 4.16. The molecule has 2 aromatic rings. The van der Waals surface area contributed by atoms with E-state index in [4.69, 9.17) is 13.9 Å². The summed E-state index contributed by atoms with van der Waals surface area (Å²) in [4.78, 5) is 6.74. The zero-order valence-electron chi connectivity index (χ0n) is 13.2. The van der Waals surface area contributed by atoms with E-state index in [1.54, 1.807) is 12.5 Å². The van der Waals surface area contributed by atoms with Crippen molar-refractivity contribution < 1.29 is 13.9 Å². The summed E-state index contributed by atoms with van der Waals surface area (Å²) in [5.41, 5.74) is 2.17. The molecule has 23 heavy (non-hydrogen) atoms. The summed E-state index contributed by atoms with van der Waals surface area (Å²) in [6.07, 6.45) is 7.57. The van der Waals surface area contributed by atoms with Crippen molar-refractivity contribution in [2.45, 2.75) is 37.7 Å². The van der Waals surface area contributed by atoms with Crippen LogP contribution in [0.3, 0.4) is 0 Å². The molecule has 0 bridgehead atoms. The molecule has 0 amide bonds. The molecule has 4 heterocycles. The first-order chi connectivity index (χ1) is 11.3. The van der Waals surface area contributed by atoms with Gasteiger partial charge in [0.2, 0.25) is 0 Å². The van der Waals surface area contributed by atoms with Gasteiger partial charge in [0.1, 0.15) is 0 Å². The molecule has 122 valence electrons. The number of ether oxygens (including phenoxy) is 2. The molecule has 0 aromatic carbocycles. The van der Waals surface area contributed by atoms with Crippen molar-refractivity contribution in [1.82, 2.24) is 9.88 Å². The molecule has 4 rings (SSSR count). The number of aromatic nitrogens is 1. The van der Waals surface area contributed by atoms with E-state index in [2.05, 4.69) is 9.88 Å². The predicted molar refractivity (Wildman–Crippen MR) is 84.7 cm³/mol. The Balaban J connectivity index is 1.28. The predicted octanol–water partition coefficient (Wildman–Crippen LogP) is 2.62. The van der Waals surface area contributed by atoms with Crippen LogP contribution in [0.4, 0.5) is 0 Å². The highest BCUT2D eigenvalue weighted by molar-refractivity contribution is 5.07. The molecular formula is C18H22N2O3. The average molecular weight is 314 g/mol. The van der Waals surface area contributed by atoms with E-state index in [-0.39, 0.29) is 11.7 Å². The summed E-state index contributed by atoms with van der Waals surface area (Å²) >= 11 is 0. The lowest BCUT2D eigenvalue weighted by Crippen LogP contribution is -2.32. The van der Waals surface area contributed by atoms with Crippen molar-refractivity contribution >= 4 is 0 Å². The molecule has 2 fully saturated rings. The third-order valence-corrected chi connectivity index (χ3v) is 4.75. The van der Waals surface area contributed by atoms with E-state index in [1.165, 1.54) is 5.56 Å². The van der Waals surface area contributed by atoms with Gasteiger partial charge in [-0.3, -0.25) is 9.88 Å². The van der Waals surface area contributed by atoms with Gasteiger partial charge >= 0.3 is 0 Å². The minimum Gasteiger partial charge on any atom is -0.472 e. The lowest BCUT2D eigenvalue weighted by atomic mass is 9.98. The second-order valence-electron chi connectivity index (χ2n) is 6.54. The molecule has 0 saturated carbocycles. The second-order valence-corrected chi connectivity index (χ2v) is 6.54. The first kappa shape index (κ1) is 14.9. The highest BCUT2D eigenvalue weighted by Crippen LogP contribution is 2.36. The molecule has 1 spiro atoms. The van der Waals surface area contributed by atoms with Crippen LogP contribution in [0.5, 0.6) is 0 Å². The summed E-state index contributed by atoms with van der Waals surface area (Å²) in [7, 11) is 0. The van der Waals surface area contributed by atoms with Crippen LogP contribution in [-0.4, -0.2) is 41.3 Å². The van der Waals surface area contributed by atoms with Gasteiger partial charge in [-0.1, -0.05) is 6.07 Å². The third kappa shape index (κ3) is 3.47. The van der Waals surface area contributed by atoms with Gasteiger partial charge < -0.3 is 13.9 Å². The van der Waals surface area contributed by atoms with Gasteiger partial charge in [-0.2, -0.15) is 0 Å². The molecule has 0 unspecified atom stereocenters. The molecule has 2 aliphatic heterocycles. The first-order valence-electron chi connectivity index (χ1n) is 8.20. The molecule has 2 saturated heterocycles. The normalized spacial score (nSPS) is 27.9. The minimum absolute atomic E-state index is 0.0292. The summed E-state index contributed by atoms with van der Waals surface area (Å²) in [5.74, 6) is 0. The number of pyridine rings is 1. The van der Waals surface area contributed by atoms with Crippen molar-refractivity contribution in [2.24, 2.45) is 0 Å². The second kappa shape index (κ2) is 6.43. The Labute approximate surface area is 136 Å². The van der Waals surface area contributed by atoms with Gasteiger partial charge in [0.25, 0.3) is 0 Å². The fourth-order valence-corrected chi connectivity index (χ4v) is 3.58. The van der Waals surface area contributed by atoms with Crippen LogP contribution in [0.2, 0.25) is 0 Å². The molecule has 0 N–H and O–H groups in total. The fourth-order valence-electron chi connectivity index (χ4n) is 3.58. The molecule has 0 aliphatic carbocycles. The fraction of sp³-hybridized carbons (Fsp3) is 0.500. The van der Waals surface area contributed by atoms with Gasteiger partial charge in [0, 0.05) is 37.8 Å². The Morgan fingerprint density at radius 3 is 3.17 bits per heavy atom. The largest absolute Gasteiger partial charge is 0.472 e.